The van der Waals surface area contributed by atoms with Crippen molar-refractivity contribution in [3.63, 3.8) is 0 Å². The van der Waals surface area contributed by atoms with Crippen molar-refractivity contribution in [1.29, 1.82) is 0 Å². The van der Waals surface area contributed by atoms with Gasteiger partial charge in [-0.2, -0.15) is 0 Å². The van der Waals surface area contributed by atoms with Gasteiger partial charge in [0.05, 0.1) is 17.2 Å². The van der Waals surface area contributed by atoms with Gasteiger partial charge in [0, 0.05) is 23.2 Å². The maximum absolute atomic E-state index is 11.5. The molecule has 120 valence electrons. The number of carboxylic acid groups (broad SMARTS) is 1. The fourth-order valence-electron chi connectivity index (χ4n) is 2.85. The second-order valence-corrected chi connectivity index (χ2v) is 7.24. The van der Waals surface area contributed by atoms with E-state index < -0.39 is 12.1 Å². The van der Waals surface area contributed by atoms with Crippen LogP contribution in [-0.4, -0.2) is 20.7 Å². The SMILES string of the molecule is CC(O)c1cn(C(C)C)c2c(C(C)(C)C)cc(C(=O)O)cc12. The smallest absolute Gasteiger partial charge is 0.335 e. The first-order valence-electron chi connectivity index (χ1n) is 7.64. The molecule has 2 aromatic rings. The van der Waals surface area contributed by atoms with Crippen molar-refractivity contribution in [3.05, 3.63) is 35.0 Å². The Kier molecular flexibility index (Phi) is 4.09. The molecule has 0 aliphatic carbocycles. The standard InChI is InChI=1S/C18H25NO3/c1-10(2)19-9-14(11(3)20)13-7-12(17(21)22)8-15(16(13)19)18(4,5)6/h7-11,20H,1-6H3,(H,21,22). The van der Waals surface area contributed by atoms with Crippen molar-refractivity contribution in [2.45, 2.75) is 59.1 Å². The van der Waals surface area contributed by atoms with E-state index in [9.17, 15) is 15.0 Å². The quantitative estimate of drug-likeness (QED) is 0.890. The summed E-state index contributed by atoms with van der Waals surface area (Å²) in [6.45, 7) is 12.1. The monoisotopic (exact) mass is 303 g/mol. The molecule has 0 spiro atoms. The van der Waals surface area contributed by atoms with E-state index in [1.807, 2.05) is 6.20 Å². The molecular weight excluding hydrogens is 278 g/mol. The third kappa shape index (κ3) is 2.75. The van der Waals surface area contributed by atoms with Gasteiger partial charge in [-0.15, -0.1) is 0 Å². The Morgan fingerprint density at radius 3 is 2.18 bits per heavy atom. The zero-order chi connectivity index (χ0) is 16.8. The van der Waals surface area contributed by atoms with Crippen molar-refractivity contribution >= 4 is 16.9 Å². The fourth-order valence-corrected chi connectivity index (χ4v) is 2.85. The Labute approximate surface area is 131 Å². The Bertz CT molecular complexity index is 718. The Hall–Kier alpha value is -1.81. The Morgan fingerprint density at radius 2 is 1.77 bits per heavy atom. The highest BCUT2D eigenvalue weighted by Gasteiger charge is 2.25. The maximum atomic E-state index is 11.5. The second kappa shape index (κ2) is 5.43. The summed E-state index contributed by atoms with van der Waals surface area (Å²) in [5.41, 5.74) is 2.86. The predicted octanol–water partition coefficient (Wildman–Crippen LogP) is 4.27. The van der Waals surface area contributed by atoms with Gasteiger partial charge < -0.3 is 14.8 Å². The summed E-state index contributed by atoms with van der Waals surface area (Å²) in [6.07, 6.45) is 1.31. The molecule has 0 saturated heterocycles. The molecular formula is C18H25NO3. The van der Waals surface area contributed by atoms with E-state index in [1.54, 1.807) is 19.1 Å². The van der Waals surface area contributed by atoms with Gasteiger partial charge in [0.2, 0.25) is 0 Å². The van der Waals surface area contributed by atoms with Crippen LogP contribution in [0.3, 0.4) is 0 Å². The van der Waals surface area contributed by atoms with Crippen molar-refractivity contribution in [3.8, 4) is 0 Å². The van der Waals surface area contributed by atoms with Crippen LogP contribution in [0.4, 0.5) is 0 Å². The zero-order valence-corrected chi connectivity index (χ0v) is 14.1. The van der Waals surface area contributed by atoms with Gasteiger partial charge in [0.15, 0.2) is 0 Å². The summed E-state index contributed by atoms with van der Waals surface area (Å²) in [4.78, 5) is 11.5. The molecule has 0 aliphatic rings. The molecule has 4 nitrogen and oxygen atoms in total. The zero-order valence-electron chi connectivity index (χ0n) is 14.1. The first kappa shape index (κ1) is 16.6. The molecule has 0 amide bonds. The first-order chi connectivity index (χ1) is 10.0. The van der Waals surface area contributed by atoms with Crippen LogP contribution in [0.5, 0.6) is 0 Å². The molecule has 4 heteroatoms. The number of rotatable bonds is 3. The van der Waals surface area contributed by atoms with Crippen LogP contribution in [0.15, 0.2) is 18.3 Å². The molecule has 1 aromatic carbocycles. The number of aromatic carboxylic acids is 1. The molecule has 0 saturated carbocycles. The van der Waals surface area contributed by atoms with E-state index in [1.165, 1.54) is 0 Å². The van der Waals surface area contributed by atoms with Crippen molar-refractivity contribution in [2.24, 2.45) is 0 Å². The van der Waals surface area contributed by atoms with E-state index in [2.05, 4.69) is 39.2 Å². The number of aliphatic hydroxyl groups is 1. The lowest BCUT2D eigenvalue weighted by Gasteiger charge is -2.23. The summed E-state index contributed by atoms with van der Waals surface area (Å²) in [5.74, 6) is -0.943. The van der Waals surface area contributed by atoms with E-state index in [0.29, 0.717) is 0 Å². The molecule has 1 unspecified atom stereocenters. The van der Waals surface area contributed by atoms with Gasteiger partial charge in [-0.3, -0.25) is 0 Å². The van der Waals surface area contributed by atoms with Gasteiger partial charge in [0.1, 0.15) is 0 Å². The lowest BCUT2D eigenvalue weighted by molar-refractivity contribution is 0.0697. The minimum absolute atomic E-state index is 0.190. The lowest BCUT2D eigenvalue weighted by atomic mass is 9.84. The fraction of sp³-hybridized carbons (Fsp3) is 0.500. The number of hydrogen-bond acceptors (Lipinski definition) is 2. The van der Waals surface area contributed by atoms with Crippen LogP contribution in [0.2, 0.25) is 0 Å². The van der Waals surface area contributed by atoms with E-state index in [-0.39, 0.29) is 17.0 Å². The molecule has 0 radical (unpaired) electrons. The van der Waals surface area contributed by atoms with Crippen LogP contribution in [-0.2, 0) is 5.41 Å². The van der Waals surface area contributed by atoms with Gasteiger partial charge in [-0.1, -0.05) is 20.8 Å². The predicted molar refractivity (Wildman–Crippen MR) is 88.6 cm³/mol. The van der Waals surface area contributed by atoms with Crippen LogP contribution in [0, 0.1) is 0 Å². The first-order valence-corrected chi connectivity index (χ1v) is 7.64. The highest BCUT2D eigenvalue weighted by Crippen LogP contribution is 2.37. The van der Waals surface area contributed by atoms with Gasteiger partial charge >= 0.3 is 5.97 Å². The summed E-state index contributed by atoms with van der Waals surface area (Å²) < 4.78 is 2.13. The average molecular weight is 303 g/mol. The largest absolute Gasteiger partial charge is 0.478 e. The third-order valence-corrected chi connectivity index (χ3v) is 4.02. The van der Waals surface area contributed by atoms with Crippen LogP contribution >= 0.6 is 0 Å². The number of aromatic nitrogens is 1. The van der Waals surface area contributed by atoms with Gasteiger partial charge in [-0.05, 0) is 43.9 Å². The molecule has 1 atom stereocenters. The summed E-state index contributed by atoms with van der Waals surface area (Å²) in [5, 5.41) is 20.3. The molecule has 1 heterocycles. The molecule has 22 heavy (non-hydrogen) atoms. The number of nitrogens with zero attached hydrogens (tertiary/aromatic N) is 1. The average Bonchev–Trinajstić information content (AvgIpc) is 2.75. The molecule has 2 rings (SSSR count). The number of hydrogen-bond donors (Lipinski definition) is 2. The summed E-state index contributed by atoms with van der Waals surface area (Å²) in [7, 11) is 0. The molecule has 0 fully saturated rings. The van der Waals surface area contributed by atoms with E-state index in [0.717, 1.165) is 22.0 Å². The number of carboxylic acids is 1. The normalized spacial score (nSPS) is 13.8. The Balaban J connectivity index is 2.99. The van der Waals surface area contributed by atoms with Crippen LogP contribution in [0.1, 0.15) is 75.2 Å². The van der Waals surface area contributed by atoms with Crippen molar-refractivity contribution in [1.82, 2.24) is 4.57 Å². The summed E-state index contributed by atoms with van der Waals surface area (Å²) in [6, 6.07) is 3.66. The molecule has 2 N–H and O–H groups in total. The van der Waals surface area contributed by atoms with E-state index in [4.69, 9.17) is 0 Å². The summed E-state index contributed by atoms with van der Waals surface area (Å²) >= 11 is 0. The van der Waals surface area contributed by atoms with Crippen LogP contribution < -0.4 is 0 Å². The number of fused-ring (bicyclic) bond motifs is 1. The number of carbonyl (C=O) groups is 1. The van der Waals surface area contributed by atoms with Crippen LogP contribution in [0.25, 0.3) is 10.9 Å². The van der Waals surface area contributed by atoms with E-state index >= 15 is 0 Å². The van der Waals surface area contributed by atoms with Crippen molar-refractivity contribution in [2.75, 3.05) is 0 Å². The topological polar surface area (TPSA) is 62.5 Å². The minimum atomic E-state index is -0.943. The Morgan fingerprint density at radius 1 is 1.18 bits per heavy atom. The highest BCUT2D eigenvalue weighted by atomic mass is 16.4. The van der Waals surface area contributed by atoms with Crippen molar-refractivity contribution < 1.29 is 15.0 Å². The second-order valence-electron chi connectivity index (χ2n) is 7.24. The number of benzene rings is 1. The molecule has 0 bridgehead atoms. The molecule has 1 aromatic heterocycles. The third-order valence-electron chi connectivity index (χ3n) is 4.02. The van der Waals surface area contributed by atoms with Gasteiger partial charge in [-0.25, -0.2) is 4.79 Å². The highest BCUT2D eigenvalue weighted by molar-refractivity contribution is 5.97. The minimum Gasteiger partial charge on any atom is -0.478 e. The number of aliphatic hydroxyl groups excluding tert-OH is 1. The lowest BCUT2D eigenvalue weighted by Crippen LogP contribution is -2.15. The molecule has 0 aliphatic heterocycles. The van der Waals surface area contributed by atoms with Gasteiger partial charge in [0.25, 0.3) is 0 Å². The maximum Gasteiger partial charge on any atom is 0.335 e.